The highest BCUT2D eigenvalue weighted by atomic mass is 19.4. The van der Waals surface area contributed by atoms with Crippen molar-refractivity contribution >= 4 is 17.7 Å². The van der Waals surface area contributed by atoms with Gasteiger partial charge in [0, 0.05) is 11.6 Å². The number of hydrogen-bond donors (Lipinski definition) is 0. The molecule has 204 valence electrons. The average molecular weight is 539 g/mol. The molecule has 1 aliphatic carbocycles. The SMILES string of the molecule is COc1ccc(/C=C2/CCCC3C2=NN(C(=O)Cn2nc(C(F)(F)F)cc2C)C3c2ccc(OC)cc2)cc1. The number of allylic oxidation sites excluding steroid dienone is 1. The smallest absolute Gasteiger partial charge is 0.435 e. The maximum absolute atomic E-state index is 13.6. The van der Waals surface area contributed by atoms with Crippen molar-refractivity contribution in [2.45, 2.75) is 44.9 Å². The van der Waals surface area contributed by atoms with Gasteiger partial charge in [-0.3, -0.25) is 9.48 Å². The molecule has 1 aromatic heterocycles. The van der Waals surface area contributed by atoms with Crippen molar-refractivity contribution in [3.05, 3.63) is 82.7 Å². The lowest BCUT2D eigenvalue weighted by atomic mass is 9.77. The molecule has 0 saturated heterocycles. The predicted octanol–water partition coefficient (Wildman–Crippen LogP) is 6.05. The van der Waals surface area contributed by atoms with Crippen LogP contribution in [0.15, 0.2) is 65.3 Å². The summed E-state index contributed by atoms with van der Waals surface area (Å²) in [6, 6.07) is 15.7. The minimum atomic E-state index is -4.59. The van der Waals surface area contributed by atoms with Crippen LogP contribution in [0.1, 0.15) is 47.8 Å². The Morgan fingerprint density at radius 1 is 1.05 bits per heavy atom. The van der Waals surface area contributed by atoms with Crippen molar-refractivity contribution in [2.24, 2.45) is 11.0 Å². The Balaban J connectivity index is 1.50. The molecule has 3 aromatic rings. The number of carbonyl (C=O) groups is 1. The highest BCUT2D eigenvalue weighted by Gasteiger charge is 2.44. The molecule has 2 aliphatic rings. The number of hydrogen-bond acceptors (Lipinski definition) is 5. The Labute approximate surface area is 224 Å². The van der Waals surface area contributed by atoms with Gasteiger partial charge in [0.1, 0.15) is 18.0 Å². The van der Waals surface area contributed by atoms with Gasteiger partial charge in [0.2, 0.25) is 0 Å². The number of fused-ring (bicyclic) bond motifs is 1. The number of amides is 1. The van der Waals surface area contributed by atoms with Gasteiger partial charge in [0.15, 0.2) is 5.69 Å². The van der Waals surface area contributed by atoms with E-state index < -0.39 is 23.8 Å². The van der Waals surface area contributed by atoms with Crippen LogP contribution in [0.5, 0.6) is 11.5 Å². The van der Waals surface area contributed by atoms with Crippen LogP contribution in [0.3, 0.4) is 0 Å². The van der Waals surface area contributed by atoms with Gasteiger partial charge in [0.25, 0.3) is 5.91 Å². The number of halogens is 3. The molecular formula is C29H29F3N4O3. The van der Waals surface area contributed by atoms with Crippen molar-refractivity contribution in [3.8, 4) is 11.5 Å². The molecule has 2 heterocycles. The van der Waals surface area contributed by atoms with Gasteiger partial charge in [-0.25, -0.2) is 5.01 Å². The van der Waals surface area contributed by atoms with E-state index in [2.05, 4.69) is 11.2 Å². The molecule has 0 bridgehead atoms. The molecule has 2 atom stereocenters. The number of nitrogens with zero attached hydrogens (tertiary/aromatic N) is 4. The van der Waals surface area contributed by atoms with Gasteiger partial charge in [-0.1, -0.05) is 24.3 Å². The lowest BCUT2D eigenvalue weighted by molar-refractivity contribution is -0.142. The number of methoxy groups -OCH3 is 2. The van der Waals surface area contributed by atoms with Gasteiger partial charge in [-0.2, -0.15) is 23.4 Å². The average Bonchev–Trinajstić information content (AvgIpc) is 3.50. The molecule has 39 heavy (non-hydrogen) atoms. The Morgan fingerprint density at radius 3 is 2.28 bits per heavy atom. The van der Waals surface area contributed by atoms with E-state index in [-0.39, 0.29) is 18.2 Å². The highest BCUT2D eigenvalue weighted by Crippen LogP contribution is 2.45. The van der Waals surface area contributed by atoms with Crippen LogP contribution in [0.4, 0.5) is 13.2 Å². The van der Waals surface area contributed by atoms with E-state index in [9.17, 15) is 18.0 Å². The van der Waals surface area contributed by atoms with Gasteiger partial charge in [-0.15, -0.1) is 0 Å². The summed E-state index contributed by atoms with van der Waals surface area (Å²) in [6.07, 6.45) is 0.0587. The molecule has 2 unspecified atom stereocenters. The maximum atomic E-state index is 13.6. The van der Waals surface area contributed by atoms with Crippen molar-refractivity contribution in [2.75, 3.05) is 14.2 Å². The van der Waals surface area contributed by atoms with Gasteiger partial charge >= 0.3 is 6.18 Å². The molecule has 0 spiro atoms. The lowest BCUT2D eigenvalue weighted by Crippen LogP contribution is -2.34. The number of alkyl halides is 3. The second-order valence-electron chi connectivity index (χ2n) is 9.71. The summed E-state index contributed by atoms with van der Waals surface area (Å²) in [5.41, 5.74) is 2.98. The Kier molecular flexibility index (Phi) is 7.20. The highest BCUT2D eigenvalue weighted by molar-refractivity contribution is 6.08. The fraction of sp³-hybridized carbons (Fsp3) is 0.345. The van der Waals surface area contributed by atoms with E-state index >= 15 is 0 Å². The number of hydrazone groups is 1. The molecule has 1 aliphatic heterocycles. The number of rotatable bonds is 6. The first-order valence-electron chi connectivity index (χ1n) is 12.7. The zero-order chi connectivity index (χ0) is 27.7. The molecule has 2 aromatic carbocycles. The first kappa shape index (κ1) is 26.5. The van der Waals surface area contributed by atoms with Crippen LogP contribution in [0.25, 0.3) is 6.08 Å². The molecule has 10 heteroatoms. The maximum Gasteiger partial charge on any atom is 0.435 e. The first-order valence-corrected chi connectivity index (χ1v) is 12.7. The van der Waals surface area contributed by atoms with E-state index in [1.54, 1.807) is 14.2 Å². The van der Waals surface area contributed by atoms with Crippen LogP contribution in [-0.4, -0.2) is 40.6 Å². The molecule has 7 nitrogen and oxygen atoms in total. The summed E-state index contributed by atoms with van der Waals surface area (Å²) in [7, 11) is 3.20. The standard InChI is InChI=1S/C29H29F3N4O3/c1-18-15-25(29(30,31)32)33-35(18)17-26(37)36-28(20-9-13-23(39-3)14-10-20)24-6-4-5-21(27(24)34-36)16-19-7-11-22(38-2)12-8-19/h7-16,24,28H,4-6,17H2,1-3H3/b21-16-. The van der Waals surface area contributed by atoms with Crippen molar-refractivity contribution in [3.63, 3.8) is 0 Å². The summed E-state index contributed by atoms with van der Waals surface area (Å²) >= 11 is 0. The molecular weight excluding hydrogens is 509 g/mol. The second-order valence-corrected chi connectivity index (χ2v) is 9.71. The van der Waals surface area contributed by atoms with Gasteiger partial charge in [0.05, 0.1) is 26.0 Å². The third-order valence-electron chi connectivity index (χ3n) is 7.23. The van der Waals surface area contributed by atoms with Crippen LogP contribution < -0.4 is 9.47 Å². The van der Waals surface area contributed by atoms with E-state index in [0.717, 1.165) is 58.2 Å². The summed E-state index contributed by atoms with van der Waals surface area (Å²) in [5.74, 6) is 0.966. The molecule has 1 fully saturated rings. The Hall–Kier alpha value is -4.08. The molecule has 0 radical (unpaired) electrons. The molecule has 1 saturated carbocycles. The zero-order valence-corrected chi connectivity index (χ0v) is 21.9. The van der Waals surface area contributed by atoms with Gasteiger partial charge in [-0.05, 0) is 79.3 Å². The van der Waals surface area contributed by atoms with Crippen LogP contribution in [-0.2, 0) is 17.5 Å². The van der Waals surface area contributed by atoms with Crippen molar-refractivity contribution < 1.29 is 27.4 Å². The van der Waals surface area contributed by atoms with Gasteiger partial charge < -0.3 is 9.47 Å². The lowest BCUT2D eigenvalue weighted by Gasteiger charge is -2.29. The topological polar surface area (TPSA) is 69.0 Å². The normalized spacial score (nSPS) is 20.1. The third kappa shape index (κ3) is 5.41. The molecule has 5 rings (SSSR count). The number of aromatic nitrogens is 2. The fourth-order valence-corrected chi connectivity index (χ4v) is 5.25. The molecule has 0 N–H and O–H groups in total. The molecule has 1 amide bonds. The quantitative estimate of drug-likeness (QED) is 0.383. The summed E-state index contributed by atoms with van der Waals surface area (Å²) in [6.45, 7) is 1.15. The van der Waals surface area contributed by atoms with Crippen LogP contribution >= 0.6 is 0 Å². The van der Waals surface area contributed by atoms with E-state index in [4.69, 9.17) is 14.6 Å². The number of benzene rings is 2. The summed E-state index contributed by atoms with van der Waals surface area (Å²) in [4.78, 5) is 13.6. The number of carbonyl (C=O) groups excluding carboxylic acids is 1. The minimum Gasteiger partial charge on any atom is -0.497 e. The van der Waals surface area contributed by atoms with Crippen molar-refractivity contribution in [1.82, 2.24) is 14.8 Å². The number of aryl methyl sites for hydroxylation is 1. The fourth-order valence-electron chi connectivity index (χ4n) is 5.25. The third-order valence-corrected chi connectivity index (χ3v) is 7.23. The largest absolute Gasteiger partial charge is 0.497 e. The van der Waals surface area contributed by atoms with Crippen LogP contribution in [0, 0.1) is 12.8 Å². The summed E-state index contributed by atoms with van der Waals surface area (Å²) < 4.78 is 51.3. The first-order chi connectivity index (χ1) is 18.7. The summed E-state index contributed by atoms with van der Waals surface area (Å²) in [5, 5.41) is 9.90. The number of ether oxygens (including phenoxy) is 2. The zero-order valence-electron chi connectivity index (χ0n) is 21.9. The Bertz CT molecular complexity index is 1410. The van der Waals surface area contributed by atoms with E-state index in [1.807, 2.05) is 48.5 Å². The predicted molar refractivity (Wildman–Crippen MR) is 140 cm³/mol. The van der Waals surface area contributed by atoms with E-state index in [1.165, 1.54) is 11.9 Å². The van der Waals surface area contributed by atoms with Crippen LogP contribution in [0.2, 0.25) is 0 Å². The van der Waals surface area contributed by atoms with E-state index in [0.29, 0.717) is 5.75 Å². The second kappa shape index (κ2) is 10.6. The van der Waals surface area contributed by atoms with Crippen molar-refractivity contribution in [1.29, 1.82) is 0 Å². The Morgan fingerprint density at radius 2 is 1.69 bits per heavy atom. The monoisotopic (exact) mass is 538 g/mol. The minimum absolute atomic E-state index is 0.0509.